The van der Waals surface area contributed by atoms with Gasteiger partial charge in [0.1, 0.15) is 0 Å². The van der Waals surface area contributed by atoms with Crippen molar-refractivity contribution in [2.75, 3.05) is 39.0 Å². The van der Waals surface area contributed by atoms with E-state index in [2.05, 4.69) is 21.7 Å². The van der Waals surface area contributed by atoms with Crippen LogP contribution in [0.4, 0.5) is 5.95 Å². The fourth-order valence-corrected chi connectivity index (χ4v) is 5.23. The minimum absolute atomic E-state index is 0.0195. The van der Waals surface area contributed by atoms with Crippen LogP contribution in [0.3, 0.4) is 0 Å². The maximum absolute atomic E-state index is 12.3. The zero-order valence-electron chi connectivity index (χ0n) is 18.6. The zero-order valence-corrected chi connectivity index (χ0v) is 19.4. The highest BCUT2D eigenvalue weighted by atomic mass is 32.1. The van der Waals surface area contributed by atoms with Crippen LogP contribution in [0.15, 0.2) is 30.5 Å². The van der Waals surface area contributed by atoms with Crippen molar-refractivity contribution < 1.29 is 4.79 Å². The average molecular weight is 438 g/mol. The Morgan fingerprint density at radius 1 is 1.26 bits per heavy atom. The third-order valence-corrected chi connectivity index (χ3v) is 7.01. The normalized spacial score (nSPS) is 14.7. The largest absolute Gasteiger partial charge is 0.354 e. The number of amides is 1. The van der Waals surface area contributed by atoms with Crippen LogP contribution >= 0.6 is 11.3 Å². The van der Waals surface area contributed by atoms with Crippen LogP contribution in [-0.4, -0.2) is 54.5 Å². The number of anilines is 1. The monoisotopic (exact) mass is 437 g/mol. The summed E-state index contributed by atoms with van der Waals surface area (Å²) >= 11 is 1.67. The third kappa shape index (κ3) is 5.22. The lowest BCUT2D eigenvalue weighted by atomic mass is 9.93. The first-order valence-electron chi connectivity index (χ1n) is 11.0. The summed E-state index contributed by atoms with van der Waals surface area (Å²) in [5.41, 5.74) is 2.72. The fourth-order valence-electron chi connectivity index (χ4n) is 4.08. The Morgan fingerprint density at radius 2 is 2.06 bits per heavy atom. The van der Waals surface area contributed by atoms with Crippen LogP contribution in [0.5, 0.6) is 0 Å². The number of thiophene rings is 1. The summed E-state index contributed by atoms with van der Waals surface area (Å²) in [6.07, 6.45) is 6.88. The highest BCUT2D eigenvalue weighted by Gasteiger charge is 2.14. The molecule has 1 fully saturated rings. The predicted octanol–water partition coefficient (Wildman–Crippen LogP) is 4.56. The van der Waals surface area contributed by atoms with E-state index in [1.807, 2.05) is 31.3 Å². The van der Waals surface area contributed by atoms with Crippen molar-refractivity contribution in [2.45, 2.75) is 32.6 Å². The predicted molar refractivity (Wildman–Crippen MR) is 129 cm³/mol. The first kappa shape index (κ1) is 21.7. The molecule has 2 N–H and O–H groups in total. The standard InChI is InChI=1S/C24H31N5OS/c1-16-15-27-24(26-10-4-5-17-8-11-25-12-9-17)28-22(16)21-13-18-6-7-19(14-20(18)31-21)23(30)29(2)3/h6-7,13-15,17,25H,4-5,8-12H2,1-3H3,(H,26,27,28). The van der Waals surface area contributed by atoms with Gasteiger partial charge in [0.25, 0.3) is 5.91 Å². The van der Waals surface area contributed by atoms with Crippen molar-refractivity contribution in [2.24, 2.45) is 5.92 Å². The fraction of sp³-hybridized carbons (Fsp3) is 0.458. The average Bonchev–Trinajstić information content (AvgIpc) is 3.21. The topological polar surface area (TPSA) is 70.1 Å². The van der Waals surface area contributed by atoms with E-state index in [9.17, 15) is 4.79 Å². The molecule has 164 valence electrons. The molecule has 2 aromatic heterocycles. The smallest absolute Gasteiger partial charge is 0.253 e. The number of aryl methyl sites for hydroxylation is 1. The molecule has 3 heterocycles. The van der Waals surface area contributed by atoms with Crippen LogP contribution in [0.1, 0.15) is 41.6 Å². The number of carbonyl (C=O) groups is 1. The number of nitrogens with zero attached hydrogens (tertiary/aromatic N) is 3. The van der Waals surface area contributed by atoms with Gasteiger partial charge in [0.05, 0.1) is 10.6 Å². The Balaban J connectivity index is 1.46. The summed E-state index contributed by atoms with van der Waals surface area (Å²) in [5, 5.41) is 7.97. The molecule has 0 aliphatic carbocycles. The molecule has 0 atom stereocenters. The molecule has 0 unspecified atom stereocenters. The molecule has 4 rings (SSSR count). The van der Waals surface area contributed by atoms with E-state index in [0.29, 0.717) is 11.5 Å². The first-order chi connectivity index (χ1) is 15.0. The van der Waals surface area contributed by atoms with E-state index in [-0.39, 0.29) is 5.91 Å². The maximum Gasteiger partial charge on any atom is 0.253 e. The van der Waals surface area contributed by atoms with E-state index in [1.165, 1.54) is 19.3 Å². The Bertz CT molecular complexity index is 1060. The van der Waals surface area contributed by atoms with Crippen LogP contribution in [0.25, 0.3) is 20.7 Å². The molecule has 1 aliphatic heterocycles. The first-order valence-corrected chi connectivity index (χ1v) is 11.9. The van der Waals surface area contributed by atoms with E-state index in [0.717, 1.165) is 58.2 Å². The van der Waals surface area contributed by atoms with Crippen molar-refractivity contribution >= 4 is 33.3 Å². The van der Waals surface area contributed by atoms with Crippen molar-refractivity contribution in [3.8, 4) is 10.6 Å². The number of aromatic nitrogens is 2. The van der Waals surface area contributed by atoms with Gasteiger partial charge in [0, 0.05) is 37.1 Å². The summed E-state index contributed by atoms with van der Waals surface area (Å²) < 4.78 is 1.09. The Hall–Kier alpha value is -2.51. The molecule has 7 heteroatoms. The van der Waals surface area contributed by atoms with Gasteiger partial charge in [-0.15, -0.1) is 11.3 Å². The molecular formula is C24H31N5OS. The van der Waals surface area contributed by atoms with E-state index in [4.69, 9.17) is 4.98 Å². The number of rotatable bonds is 7. The van der Waals surface area contributed by atoms with Crippen molar-refractivity contribution in [3.05, 3.63) is 41.6 Å². The molecule has 0 saturated carbocycles. The highest BCUT2D eigenvalue weighted by molar-refractivity contribution is 7.22. The number of nitrogens with one attached hydrogen (secondary N) is 2. The quantitative estimate of drug-likeness (QED) is 0.530. The SMILES string of the molecule is Cc1cnc(NCCCC2CCNCC2)nc1-c1cc2ccc(C(=O)N(C)C)cc2s1. The van der Waals surface area contributed by atoms with Crippen molar-refractivity contribution in [1.82, 2.24) is 20.2 Å². The van der Waals surface area contributed by atoms with Crippen LogP contribution in [0, 0.1) is 12.8 Å². The minimum Gasteiger partial charge on any atom is -0.354 e. The van der Waals surface area contributed by atoms with Crippen LogP contribution in [-0.2, 0) is 0 Å². The lowest BCUT2D eigenvalue weighted by Gasteiger charge is -2.22. The molecule has 1 saturated heterocycles. The van der Waals surface area contributed by atoms with Gasteiger partial charge in [-0.2, -0.15) is 0 Å². The highest BCUT2D eigenvalue weighted by Crippen LogP contribution is 2.35. The van der Waals surface area contributed by atoms with Crippen LogP contribution in [0.2, 0.25) is 0 Å². The molecule has 1 amide bonds. The molecule has 1 aliphatic rings. The van der Waals surface area contributed by atoms with Crippen molar-refractivity contribution in [1.29, 1.82) is 0 Å². The Kier molecular flexibility index (Phi) is 6.83. The third-order valence-electron chi connectivity index (χ3n) is 5.91. The van der Waals surface area contributed by atoms with Gasteiger partial charge in [0.15, 0.2) is 0 Å². The summed E-state index contributed by atoms with van der Waals surface area (Å²) in [4.78, 5) is 24.3. The molecule has 0 bridgehead atoms. The number of benzene rings is 1. The van der Waals surface area contributed by atoms with E-state index in [1.54, 1.807) is 30.3 Å². The number of hydrogen-bond donors (Lipinski definition) is 2. The van der Waals surface area contributed by atoms with Crippen LogP contribution < -0.4 is 10.6 Å². The lowest BCUT2D eigenvalue weighted by molar-refractivity contribution is 0.0828. The number of carbonyl (C=O) groups excluding carboxylic acids is 1. The summed E-state index contributed by atoms with van der Waals surface area (Å²) in [5.74, 6) is 1.55. The lowest BCUT2D eigenvalue weighted by Crippen LogP contribution is -2.27. The summed E-state index contributed by atoms with van der Waals surface area (Å²) in [6.45, 7) is 5.25. The van der Waals surface area contributed by atoms with Crippen molar-refractivity contribution in [3.63, 3.8) is 0 Å². The van der Waals surface area contributed by atoms with Gasteiger partial charge < -0.3 is 15.5 Å². The summed E-state index contributed by atoms with van der Waals surface area (Å²) in [6, 6.07) is 8.04. The molecule has 0 radical (unpaired) electrons. The second kappa shape index (κ2) is 9.75. The van der Waals surface area contributed by atoms with Gasteiger partial charge in [0.2, 0.25) is 5.95 Å². The van der Waals surface area contributed by atoms with Gasteiger partial charge in [-0.25, -0.2) is 9.97 Å². The van der Waals surface area contributed by atoms with Gasteiger partial charge >= 0.3 is 0 Å². The number of piperidine rings is 1. The number of fused-ring (bicyclic) bond motifs is 1. The maximum atomic E-state index is 12.3. The second-order valence-electron chi connectivity index (χ2n) is 8.55. The minimum atomic E-state index is 0.0195. The molecule has 31 heavy (non-hydrogen) atoms. The molecule has 6 nitrogen and oxygen atoms in total. The van der Waals surface area contributed by atoms with Gasteiger partial charge in [-0.1, -0.05) is 6.07 Å². The van der Waals surface area contributed by atoms with Gasteiger partial charge in [-0.3, -0.25) is 4.79 Å². The number of hydrogen-bond acceptors (Lipinski definition) is 6. The Morgan fingerprint density at radius 3 is 2.84 bits per heavy atom. The van der Waals surface area contributed by atoms with Gasteiger partial charge in [-0.05, 0) is 80.8 Å². The Labute approximate surface area is 188 Å². The summed E-state index contributed by atoms with van der Waals surface area (Å²) in [7, 11) is 3.55. The van der Waals surface area contributed by atoms with E-state index >= 15 is 0 Å². The second-order valence-corrected chi connectivity index (χ2v) is 9.63. The van der Waals surface area contributed by atoms with E-state index < -0.39 is 0 Å². The molecular weight excluding hydrogens is 406 g/mol. The zero-order chi connectivity index (χ0) is 21.8. The molecule has 1 aromatic carbocycles. The molecule has 3 aromatic rings. The molecule has 0 spiro atoms.